The van der Waals surface area contributed by atoms with Gasteiger partial charge < -0.3 is 15.7 Å². The number of carboxylic acid groups (broad SMARTS) is 1. The van der Waals surface area contributed by atoms with Crippen molar-refractivity contribution in [2.24, 2.45) is 5.92 Å². The summed E-state index contributed by atoms with van der Waals surface area (Å²) in [4.78, 5) is 22.7. The van der Waals surface area contributed by atoms with Crippen molar-refractivity contribution in [3.63, 3.8) is 0 Å². The Morgan fingerprint density at radius 2 is 2.05 bits per heavy atom. The van der Waals surface area contributed by atoms with Crippen LogP contribution in [0.5, 0.6) is 0 Å². The third-order valence-electron chi connectivity index (χ3n) is 3.33. The Morgan fingerprint density at radius 3 is 2.47 bits per heavy atom. The van der Waals surface area contributed by atoms with Crippen molar-refractivity contribution in [3.8, 4) is 0 Å². The monoisotopic (exact) mass is 292 g/mol. The second-order valence-electron chi connectivity index (χ2n) is 4.92. The van der Waals surface area contributed by atoms with E-state index in [9.17, 15) is 18.0 Å². The van der Waals surface area contributed by atoms with Crippen molar-refractivity contribution >= 4 is 21.8 Å². The Bertz CT molecular complexity index is 448. The molecule has 0 aromatic carbocycles. The van der Waals surface area contributed by atoms with E-state index in [4.69, 9.17) is 5.11 Å². The normalized spacial score (nSPS) is 24.4. The molecule has 0 spiro atoms. The number of rotatable bonds is 5. The van der Waals surface area contributed by atoms with Crippen molar-refractivity contribution < 1.29 is 23.1 Å². The number of carbonyl (C=O) groups excluding carboxylic acids is 1. The number of hydrogen-bond donors (Lipinski definition) is 3. The molecule has 1 rings (SSSR count). The molecule has 0 saturated carbocycles. The maximum Gasteiger partial charge on any atom is 0.326 e. The van der Waals surface area contributed by atoms with Crippen LogP contribution in [0.15, 0.2) is 0 Å². The number of carboxylic acids is 1. The summed E-state index contributed by atoms with van der Waals surface area (Å²) in [7, 11) is -3.07. The Morgan fingerprint density at radius 1 is 1.42 bits per heavy atom. The van der Waals surface area contributed by atoms with E-state index in [0.29, 0.717) is 12.8 Å². The Hall–Kier alpha value is -1.31. The first-order chi connectivity index (χ1) is 8.75. The molecule has 0 radical (unpaired) electrons. The SMILES string of the molecule is CCC(C)[C@H](NC(=O)NC1CCS(=O)(=O)C1)C(=O)O. The molecule has 1 saturated heterocycles. The van der Waals surface area contributed by atoms with Crippen molar-refractivity contribution in [2.45, 2.75) is 38.8 Å². The lowest BCUT2D eigenvalue weighted by atomic mass is 9.99. The molecule has 0 aromatic heterocycles. The zero-order valence-electron chi connectivity index (χ0n) is 11.0. The van der Waals surface area contributed by atoms with Crippen LogP contribution in [0.1, 0.15) is 26.7 Å². The molecule has 1 fully saturated rings. The standard InChI is InChI=1S/C11H20N2O5S/c1-3-7(2)9(10(14)15)13-11(16)12-8-4-5-19(17,18)6-8/h7-9H,3-6H2,1-2H3,(H,14,15)(H2,12,13,16)/t7?,8?,9-/m0/s1. The van der Waals surface area contributed by atoms with Gasteiger partial charge in [0, 0.05) is 6.04 Å². The summed E-state index contributed by atoms with van der Waals surface area (Å²) in [6.07, 6.45) is 0.992. The molecular formula is C11H20N2O5S. The topological polar surface area (TPSA) is 113 Å². The highest BCUT2D eigenvalue weighted by molar-refractivity contribution is 7.91. The van der Waals surface area contributed by atoms with Crippen LogP contribution in [0, 0.1) is 5.92 Å². The maximum atomic E-state index is 11.7. The molecule has 0 bridgehead atoms. The summed E-state index contributed by atoms with van der Waals surface area (Å²) < 4.78 is 22.5. The molecule has 0 aromatic rings. The lowest BCUT2D eigenvalue weighted by molar-refractivity contribution is -0.140. The van der Waals surface area contributed by atoms with E-state index < -0.39 is 33.9 Å². The predicted octanol–water partition coefficient (Wildman–Crippen LogP) is -0.0280. The number of hydrogen-bond acceptors (Lipinski definition) is 4. The van der Waals surface area contributed by atoms with Gasteiger partial charge in [-0.15, -0.1) is 0 Å². The fourth-order valence-electron chi connectivity index (χ4n) is 1.96. The van der Waals surface area contributed by atoms with E-state index in [1.807, 2.05) is 6.92 Å². The van der Waals surface area contributed by atoms with Crippen LogP contribution in [-0.4, -0.2) is 49.1 Å². The predicted molar refractivity (Wildman–Crippen MR) is 69.6 cm³/mol. The van der Waals surface area contributed by atoms with Crippen LogP contribution in [-0.2, 0) is 14.6 Å². The smallest absolute Gasteiger partial charge is 0.326 e. The summed E-state index contributed by atoms with van der Waals surface area (Å²) in [5, 5.41) is 13.9. The van der Waals surface area contributed by atoms with Gasteiger partial charge in [-0.3, -0.25) is 0 Å². The minimum atomic E-state index is -3.07. The number of urea groups is 1. The van der Waals surface area contributed by atoms with Gasteiger partial charge in [-0.25, -0.2) is 18.0 Å². The molecule has 2 unspecified atom stereocenters. The van der Waals surface area contributed by atoms with Gasteiger partial charge in [-0.1, -0.05) is 20.3 Å². The summed E-state index contributed by atoms with van der Waals surface area (Å²) in [5.74, 6) is -1.31. The highest BCUT2D eigenvalue weighted by atomic mass is 32.2. The molecule has 3 N–H and O–H groups in total. The number of nitrogens with one attached hydrogen (secondary N) is 2. The zero-order valence-corrected chi connectivity index (χ0v) is 11.9. The highest BCUT2D eigenvalue weighted by Gasteiger charge is 2.31. The van der Waals surface area contributed by atoms with Gasteiger partial charge in [0.25, 0.3) is 0 Å². The van der Waals surface area contributed by atoms with E-state index >= 15 is 0 Å². The van der Waals surface area contributed by atoms with Crippen molar-refractivity contribution in [2.75, 3.05) is 11.5 Å². The maximum absolute atomic E-state index is 11.7. The van der Waals surface area contributed by atoms with Gasteiger partial charge in [0.1, 0.15) is 6.04 Å². The summed E-state index contributed by atoms with van der Waals surface area (Å²) in [6, 6.07) is -2.03. The van der Waals surface area contributed by atoms with E-state index in [2.05, 4.69) is 10.6 Å². The zero-order chi connectivity index (χ0) is 14.6. The Kier molecular flexibility index (Phi) is 5.16. The molecule has 0 aliphatic carbocycles. The van der Waals surface area contributed by atoms with Gasteiger partial charge >= 0.3 is 12.0 Å². The number of amides is 2. The average Bonchev–Trinajstić information content (AvgIpc) is 2.64. The molecule has 19 heavy (non-hydrogen) atoms. The lowest BCUT2D eigenvalue weighted by Crippen LogP contribution is -2.51. The Balaban J connectivity index is 2.52. The molecule has 1 aliphatic rings. The van der Waals surface area contributed by atoms with E-state index in [1.165, 1.54) is 0 Å². The van der Waals surface area contributed by atoms with E-state index in [1.54, 1.807) is 6.92 Å². The van der Waals surface area contributed by atoms with Crippen LogP contribution < -0.4 is 10.6 Å². The van der Waals surface area contributed by atoms with Gasteiger partial charge in [0.15, 0.2) is 9.84 Å². The molecule has 1 heterocycles. The van der Waals surface area contributed by atoms with Crippen molar-refractivity contribution in [1.29, 1.82) is 0 Å². The second kappa shape index (κ2) is 6.23. The summed E-state index contributed by atoms with van der Waals surface area (Å²) in [5.41, 5.74) is 0. The van der Waals surface area contributed by atoms with Crippen LogP contribution in [0.4, 0.5) is 4.79 Å². The van der Waals surface area contributed by atoms with E-state index in [0.717, 1.165) is 0 Å². The minimum absolute atomic E-state index is 0.0612. The van der Waals surface area contributed by atoms with Crippen LogP contribution >= 0.6 is 0 Å². The van der Waals surface area contributed by atoms with Gasteiger partial charge in [-0.2, -0.15) is 0 Å². The highest BCUT2D eigenvalue weighted by Crippen LogP contribution is 2.12. The van der Waals surface area contributed by atoms with Gasteiger partial charge in [0.2, 0.25) is 0 Å². The molecule has 3 atom stereocenters. The van der Waals surface area contributed by atoms with Crippen LogP contribution in [0.25, 0.3) is 0 Å². The second-order valence-corrected chi connectivity index (χ2v) is 7.15. The largest absolute Gasteiger partial charge is 0.480 e. The molecule has 8 heteroatoms. The van der Waals surface area contributed by atoms with E-state index in [-0.39, 0.29) is 17.4 Å². The average molecular weight is 292 g/mol. The minimum Gasteiger partial charge on any atom is -0.480 e. The van der Waals surface area contributed by atoms with Crippen molar-refractivity contribution in [3.05, 3.63) is 0 Å². The molecule has 1 aliphatic heterocycles. The van der Waals surface area contributed by atoms with Crippen LogP contribution in [0.3, 0.4) is 0 Å². The first-order valence-electron chi connectivity index (χ1n) is 6.25. The van der Waals surface area contributed by atoms with Crippen molar-refractivity contribution in [1.82, 2.24) is 10.6 Å². The van der Waals surface area contributed by atoms with Crippen LogP contribution in [0.2, 0.25) is 0 Å². The third-order valence-corrected chi connectivity index (χ3v) is 5.10. The summed E-state index contributed by atoms with van der Waals surface area (Å²) in [6.45, 7) is 3.57. The quantitative estimate of drug-likeness (QED) is 0.659. The summed E-state index contributed by atoms with van der Waals surface area (Å²) >= 11 is 0. The lowest BCUT2D eigenvalue weighted by Gasteiger charge is -2.21. The number of carbonyl (C=O) groups is 2. The number of aliphatic carboxylic acids is 1. The fourth-order valence-corrected chi connectivity index (χ4v) is 3.63. The number of sulfone groups is 1. The van der Waals surface area contributed by atoms with Gasteiger partial charge in [0.05, 0.1) is 11.5 Å². The van der Waals surface area contributed by atoms with Gasteiger partial charge in [-0.05, 0) is 12.3 Å². The molecule has 2 amide bonds. The first kappa shape index (κ1) is 15.7. The first-order valence-corrected chi connectivity index (χ1v) is 8.07. The Labute approximate surface area is 112 Å². The molecular weight excluding hydrogens is 272 g/mol. The fraction of sp³-hybridized carbons (Fsp3) is 0.818. The third kappa shape index (κ3) is 4.70. The molecule has 110 valence electrons. The molecule has 7 nitrogen and oxygen atoms in total.